The first-order chi connectivity index (χ1) is 11.1. The number of hydrogen-bond acceptors (Lipinski definition) is 4. The Bertz CT molecular complexity index is 539. The molecule has 6 heteroatoms. The van der Waals surface area contributed by atoms with E-state index in [9.17, 15) is 9.59 Å². The number of hydrogen-bond donors (Lipinski definition) is 2. The van der Waals surface area contributed by atoms with Gasteiger partial charge in [-0.3, -0.25) is 14.5 Å². The summed E-state index contributed by atoms with van der Waals surface area (Å²) < 4.78 is 5.40. The molecular weight excluding hydrogens is 296 g/mol. The van der Waals surface area contributed by atoms with Crippen molar-refractivity contribution in [3.8, 4) is 5.75 Å². The van der Waals surface area contributed by atoms with Crippen molar-refractivity contribution in [2.45, 2.75) is 19.3 Å². The lowest BCUT2D eigenvalue weighted by atomic mass is 9.90. The van der Waals surface area contributed by atoms with Crippen LogP contribution in [0.15, 0.2) is 24.3 Å². The molecular formula is C17H24N2O4. The Labute approximate surface area is 136 Å². The molecule has 0 aliphatic carbocycles. The lowest BCUT2D eigenvalue weighted by Crippen LogP contribution is -2.42. The van der Waals surface area contributed by atoms with Gasteiger partial charge >= 0.3 is 5.97 Å². The van der Waals surface area contributed by atoms with Gasteiger partial charge in [0.2, 0.25) is 5.91 Å². The van der Waals surface area contributed by atoms with E-state index in [1.807, 2.05) is 18.2 Å². The number of carboxylic acids is 1. The SMILES string of the molecule is COc1ccccc1CC1CCN(CC(=O)NCC(=O)O)CC1. The third kappa shape index (κ3) is 5.56. The van der Waals surface area contributed by atoms with E-state index in [-0.39, 0.29) is 19.0 Å². The quantitative estimate of drug-likeness (QED) is 0.788. The molecule has 0 saturated carbocycles. The van der Waals surface area contributed by atoms with Gasteiger partial charge in [-0.25, -0.2) is 0 Å². The van der Waals surface area contributed by atoms with Crippen LogP contribution in [0.3, 0.4) is 0 Å². The Kier molecular flexibility index (Phi) is 6.40. The summed E-state index contributed by atoms with van der Waals surface area (Å²) in [6.07, 6.45) is 3.05. The highest BCUT2D eigenvalue weighted by atomic mass is 16.5. The van der Waals surface area contributed by atoms with Crippen molar-refractivity contribution in [1.82, 2.24) is 10.2 Å². The largest absolute Gasteiger partial charge is 0.496 e. The highest BCUT2D eigenvalue weighted by molar-refractivity contribution is 5.82. The Hall–Kier alpha value is -2.08. The van der Waals surface area contributed by atoms with Crippen LogP contribution in [0.4, 0.5) is 0 Å². The third-order valence-electron chi connectivity index (χ3n) is 4.21. The number of nitrogens with zero attached hydrogens (tertiary/aromatic N) is 1. The van der Waals surface area contributed by atoms with E-state index in [4.69, 9.17) is 9.84 Å². The summed E-state index contributed by atoms with van der Waals surface area (Å²) in [6, 6.07) is 8.09. The second-order valence-electron chi connectivity index (χ2n) is 5.91. The molecule has 6 nitrogen and oxygen atoms in total. The first kappa shape index (κ1) is 17.3. The maximum absolute atomic E-state index is 11.6. The number of rotatable bonds is 7. The zero-order valence-corrected chi connectivity index (χ0v) is 13.5. The van der Waals surface area contributed by atoms with Crippen LogP contribution in [0, 0.1) is 5.92 Å². The molecule has 1 saturated heterocycles. The number of carbonyl (C=O) groups excluding carboxylic acids is 1. The maximum atomic E-state index is 11.6. The van der Waals surface area contributed by atoms with E-state index < -0.39 is 5.97 Å². The fraction of sp³-hybridized carbons (Fsp3) is 0.529. The van der Waals surface area contributed by atoms with Gasteiger partial charge in [0, 0.05) is 0 Å². The van der Waals surface area contributed by atoms with Crippen LogP contribution in [0.5, 0.6) is 5.75 Å². The molecule has 23 heavy (non-hydrogen) atoms. The number of aliphatic carboxylic acids is 1. The molecule has 1 aromatic rings. The molecule has 1 aromatic carbocycles. The second-order valence-corrected chi connectivity index (χ2v) is 5.91. The molecule has 0 spiro atoms. The molecule has 1 aliphatic heterocycles. The third-order valence-corrected chi connectivity index (χ3v) is 4.21. The van der Waals surface area contributed by atoms with E-state index in [1.165, 1.54) is 5.56 Å². The van der Waals surface area contributed by atoms with Crippen LogP contribution in [0.2, 0.25) is 0 Å². The van der Waals surface area contributed by atoms with Gasteiger partial charge in [0.15, 0.2) is 0 Å². The number of carbonyl (C=O) groups is 2. The predicted octanol–water partition coefficient (Wildman–Crippen LogP) is 1.15. The fourth-order valence-corrected chi connectivity index (χ4v) is 2.96. The number of benzene rings is 1. The molecule has 1 fully saturated rings. The van der Waals surface area contributed by atoms with Gasteiger partial charge in [-0.2, -0.15) is 0 Å². The van der Waals surface area contributed by atoms with E-state index in [0.717, 1.165) is 38.1 Å². The molecule has 1 heterocycles. The van der Waals surface area contributed by atoms with Gasteiger partial charge < -0.3 is 15.2 Å². The number of piperidine rings is 1. The van der Waals surface area contributed by atoms with E-state index >= 15 is 0 Å². The van der Waals surface area contributed by atoms with Crippen molar-refractivity contribution in [2.75, 3.05) is 33.3 Å². The van der Waals surface area contributed by atoms with Crippen LogP contribution >= 0.6 is 0 Å². The summed E-state index contributed by atoms with van der Waals surface area (Å²) in [6.45, 7) is 1.68. The van der Waals surface area contributed by atoms with Crippen LogP contribution < -0.4 is 10.1 Å². The molecule has 1 amide bonds. The van der Waals surface area contributed by atoms with Crippen LogP contribution in [-0.4, -0.2) is 55.2 Å². The van der Waals surface area contributed by atoms with Gasteiger partial charge in [0.1, 0.15) is 12.3 Å². The highest BCUT2D eigenvalue weighted by Crippen LogP contribution is 2.26. The summed E-state index contributed by atoms with van der Waals surface area (Å²) in [7, 11) is 1.69. The first-order valence-corrected chi connectivity index (χ1v) is 7.91. The highest BCUT2D eigenvalue weighted by Gasteiger charge is 2.22. The Morgan fingerprint density at radius 1 is 1.30 bits per heavy atom. The molecule has 126 valence electrons. The minimum absolute atomic E-state index is 0.226. The minimum atomic E-state index is -1.02. The van der Waals surface area contributed by atoms with Gasteiger partial charge in [-0.15, -0.1) is 0 Å². The van der Waals surface area contributed by atoms with E-state index in [2.05, 4.69) is 16.3 Å². The fourth-order valence-electron chi connectivity index (χ4n) is 2.96. The lowest BCUT2D eigenvalue weighted by Gasteiger charge is -2.31. The number of para-hydroxylation sites is 1. The molecule has 0 unspecified atom stereocenters. The topological polar surface area (TPSA) is 78.9 Å². The van der Waals surface area contributed by atoms with Crippen molar-refractivity contribution in [3.63, 3.8) is 0 Å². The van der Waals surface area contributed by atoms with Crippen LogP contribution in [0.1, 0.15) is 18.4 Å². The van der Waals surface area contributed by atoms with Gasteiger partial charge in [-0.1, -0.05) is 18.2 Å². The Morgan fingerprint density at radius 3 is 2.65 bits per heavy atom. The predicted molar refractivity (Wildman–Crippen MR) is 86.5 cm³/mol. The summed E-state index contributed by atoms with van der Waals surface area (Å²) in [5, 5.41) is 10.9. The summed E-state index contributed by atoms with van der Waals surface area (Å²) in [5.74, 6) is 0.275. The summed E-state index contributed by atoms with van der Waals surface area (Å²) >= 11 is 0. The molecule has 2 N–H and O–H groups in total. The second kappa shape index (κ2) is 8.53. The molecule has 0 bridgehead atoms. The van der Waals surface area contributed by atoms with Crippen molar-refractivity contribution < 1.29 is 19.4 Å². The number of methoxy groups -OCH3 is 1. The summed E-state index contributed by atoms with van der Waals surface area (Å²) in [5.41, 5.74) is 1.23. The molecule has 0 radical (unpaired) electrons. The number of likely N-dealkylation sites (tertiary alicyclic amines) is 1. The minimum Gasteiger partial charge on any atom is -0.496 e. The number of ether oxygens (including phenoxy) is 1. The van der Waals surface area contributed by atoms with E-state index in [1.54, 1.807) is 7.11 Å². The lowest BCUT2D eigenvalue weighted by molar-refractivity contribution is -0.138. The monoisotopic (exact) mass is 320 g/mol. The Morgan fingerprint density at radius 2 is 2.00 bits per heavy atom. The zero-order chi connectivity index (χ0) is 16.7. The molecule has 0 aromatic heterocycles. The van der Waals surface area contributed by atoms with Gasteiger partial charge in [0.25, 0.3) is 0 Å². The molecule has 0 atom stereocenters. The molecule has 1 aliphatic rings. The van der Waals surface area contributed by atoms with Crippen molar-refractivity contribution in [1.29, 1.82) is 0 Å². The van der Waals surface area contributed by atoms with Crippen LogP contribution in [0.25, 0.3) is 0 Å². The average Bonchev–Trinajstić information content (AvgIpc) is 2.55. The standard InChI is InChI=1S/C17H24N2O4/c1-23-15-5-3-2-4-14(15)10-13-6-8-19(9-7-13)12-16(20)18-11-17(21)22/h2-5,13H,6-12H2,1H3,(H,18,20)(H,21,22). The number of amides is 1. The van der Waals surface area contributed by atoms with Crippen molar-refractivity contribution >= 4 is 11.9 Å². The maximum Gasteiger partial charge on any atom is 0.322 e. The Balaban J connectivity index is 1.75. The number of nitrogens with one attached hydrogen (secondary N) is 1. The summed E-state index contributed by atoms with van der Waals surface area (Å²) in [4.78, 5) is 24.1. The zero-order valence-electron chi connectivity index (χ0n) is 13.5. The van der Waals surface area contributed by atoms with Gasteiger partial charge in [0.05, 0.1) is 13.7 Å². The normalized spacial score (nSPS) is 16.0. The average molecular weight is 320 g/mol. The van der Waals surface area contributed by atoms with E-state index in [0.29, 0.717) is 5.92 Å². The molecule has 2 rings (SSSR count). The number of carboxylic acid groups (broad SMARTS) is 1. The first-order valence-electron chi connectivity index (χ1n) is 7.91. The van der Waals surface area contributed by atoms with Crippen molar-refractivity contribution in [2.24, 2.45) is 5.92 Å². The van der Waals surface area contributed by atoms with Gasteiger partial charge in [-0.05, 0) is 49.9 Å². The van der Waals surface area contributed by atoms with Crippen LogP contribution in [-0.2, 0) is 16.0 Å². The van der Waals surface area contributed by atoms with Crippen molar-refractivity contribution in [3.05, 3.63) is 29.8 Å². The smallest absolute Gasteiger partial charge is 0.322 e.